The van der Waals surface area contributed by atoms with Crippen LogP contribution < -0.4 is 10.6 Å². The molecule has 0 unspecified atom stereocenters. The van der Waals surface area contributed by atoms with Crippen LogP contribution in [0, 0.1) is 16.0 Å². The van der Waals surface area contributed by atoms with E-state index in [9.17, 15) is 19.7 Å². The fraction of sp³-hybridized carbons (Fsp3) is 0.167. The quantitative estimate of drug-likeness (QED) is 0.479. The van der Waals surface area contributed by atoms with Crippen LogP contribution in [0.1, 0.15) is 23.4 Å². The highest BCUT2D eigenvalue weighted by atomic mass is 32.1. The molecule has 1 aliphatic rings. The molecule has 1 aliphatic carbocycles. The van der Waals surface area contributed by atoms with Gasteiger partial charge in [-0.15, -0.1) is 11.3 Å². The van der Waals surface area contributed by atoms with Gasteiger partial charge in [-0.25, -0.2) is 4.98 Å². The van der Waals surface area contributed by atoms with Gasteiger partial charge in [0, 0.05) is 22.5 Å². The van der Waals surface area contributed by atoms with Crippen molar-refractivity contribution < 1.29 is 18.9 Å². The number of benzene rings is 1. The first-order valence-corrected chi connectivity index (χ1v) is 9.30. The first-order chi connectivity index (χ1) is 13.5. The number of amides is 2. The Morgan fingerprint density at radius 2 is 2.04 bits per heavy atom. The van der Waals surface area contributed by atoms with Crippen molar-refractivity contribution in [2.75, 3.05) is 10.6 Å². The Kier molecular flexibility index (Phi) is 4.62. The lowest BCUT2D eigenvalue weighted by molar-refractivity contribution is -0.402. The van der Waals surface area contributed by atoms with E-state index in [0.29, 0.717) is 16.5 Å². The second-order valence-corrected chi connectivity index (χ2v) is 7.09. The molecular weight excluding hydrogens is 384 g/mol. The number of rotatable bonds is 6. The van der Waals surface area contributed by atoms with Gasteiger partial charge in [-0.2, -0.15) is 0 Å². The first-order valence-electron chi connectivity index (χ1n) is 8.42. The Balaban J connectivity index is 1.45. The molecule has 0 radical (unpaired) electrons. The molecule has 0 saturated heterocycles. The summed E-state index contributed by atoms with van der Waals surface area (Å²) in [5, 5.41) is 18.2. The van der Waals surface area contributed by atoms with Crippen molar-refractivity contribution in [1.29, 1.82) is 0 Å². The Morgan fingerprint density at radius 1 is 1.21 bits per heavy atom. The topological polar surface area (TPSA) is 127 Å². The van der Waals surface area contributed by atoms with E-state index in [1.165, 1.54) is 17.4 Å². The zero-order valence-corrected chi connectivity index (χ0v) is 15.2. The fourth-order valence-electron chi connectivity index (χ4n) is 2.52. The first kappa shape index (κ1) is 17.9. The molecular formula is C18H14N4O5S. The molecule has 3 aromatic rings. The summed E-state index contributed by atoms with van der Waals surface area (Å²) < 4.78 is 4.87. The second-order valence-electron chi connectivity index (χ2n) is 6.23. The van der Waals surface area contributed by atoms with E-state index in [-0.39, 0.29) is 17.6 Å². The number of hydrogen-bond acceptors (Lipinski definition) is 7. The van der Waals surface area contributed by atoms with Crippen LogP contribution in [0.2, 0.25) is 0 Å². The number of hydrogen-bond donors (Lipinski definition) is 2. The Hall–Kier alpha value is -3.53. The predicted molar refractivity (Wildman–Crippen MR) is 102 cm³/mol. The van der Waals surface area contributed by atoms with Gasteiger partial charge in [0.05, 0.1) is 11.8 Å². The summed E-state index contributed by atoms with van der Waals surface area (Å²) in [5.41, 5.74) is 2.11. The molecule has 142 valence electrons. The minimum absolute atomic E-state index is 0.0240. The van der Waals surface area contributed by atoms with Crippen LogP contribution in [-0.4, -0.2) is 21.7 Å². The largest absolute Gasteiger partial charge is 0.433 e. The van der Waals surface area contributed by atoms with Crippen molar-refractivity contribution in [2.24, 2.45) is 5.92 Å². The van der Waals surface area contributed by atoms with Crippen molar-refractivity contribution in [3.05, 3.63) is 57.7 Å². The highest BCUT2D eigenvalue weighted by molar-refractivity contribution is 7.14. The minimum atomic E-state index is -0.715. The SMILES string of the molecule is O=C(Nc1nc(-c2cccc(NC(=O)C3CC3)c2)cs1)c1ccc([N+](=O)[O-])o1. The Bertz CT molecular complexity index is 1070. The third kappa shape index (κ3) is 3.91. The molecule has 0 aliphatic heterocycles. The molecule has 0 bridgehead atoms. The number of carbonyl (C=O) groups excluding carboxylic acids is 2. The van der Waals surface area contributed by atoms with Crippen LogP contribution in [0.15, 0.2) is 46.2 Å². The zero-order chi connectivity index (χ0) is 19.7. The summed E-state index contributed by atoms with van der Waals surface area (Å²) in [6.45, 7) is 0. The van der Waals surface area contributed by atoms with Gasteiger partial charge in [-0.1, -0.05) is 12.1 Å². The summed E-state index contributed by atoms with van der Waals surface area (Å²) in [6, 6.07) is 9.64. The van der Waals surface area contributed by atoms with E-state index in [1.807, 2.05) is 24.3 Å². The number of furan rings is 1. The third-order valence-electron chi connectivity index (χ3n) is 4.09. The summed E-state index contributed by atoms with van der Waals surface area (Å²) in [6.07, 6.45) is 1.86. The molecule has 4 rings (SSSR count). The number of aromatic nitrogens is 1. The molecule has 2 heterocycles. The van der Waals surface area contributed by atoms with Crippen LogP contribution >= 0.6 is 11.3 Å². The summed E-state index contributed by atoms with van der Waals surface area (Å²) in [7, 11) is 0. The van der Waals surface area contributed by atoms with Crippen LogP contribution in [0.4, 0.5) is 16.7 Å². The van der Waals surface area contributed by atoms with Crippen molar-refractivity contribution in [2.45, 2.75) is 12.8 Å². The van der Waals surface area contributed by atoms with Crippen molar-refractivity contribution in [1.82, 2.24) is 4.98 Å². The third-order valence-corrected chi connectivity index (χ3v) is 4.85. The Morgan fingerprint density at radius 3 is 2.75 bits per heavy atom. The molecule has 9 nitrogen and oxygen atoms in total. The molecule has 2 aromatic heterocycles. The lowest BCUT2D eigenvalue weighted by atomic mass is 10.1. The van der Waals surface area contributed by atoms with Crippen LogP contribution in [0.25, 0.3) is 11.3 Å². The lowest BCUT2D eigenvalue weighted by Crippen LogP contribution is -2.13. The average molecular weight is 398 g/mol. The van der Waals surface area contributed by atoms with Crippen molar-refractivity contribution in [3.8, 4) is 11.3 Å². The number of thiazole rings is 1. The van der Waals surface area contributed by atoms with Gasteiger partial charge in [0.2, 0.25) is 5.91 Å². The minimum Gasteiger partial charge on any atom is -0.395 e. The summed E-state index contributed by atoms with van der Waals surface area (Å²) in [4.78, 5) is 38.3. The van der Waals surface area contributed by atoms with E-state index in [4.69, 9.17) is 4.42 Å². The molecule has 2 amide bonds. The molecule has 0 atom stereocenters. The molecule has 1 fully saturated rings. The van der Waals surface area contributed by atoms with Crippen molar-refractivity contribution in [3.63, 3.8) is 0 Å². The second kappa shape index (κ2) is 7.24. The fourth-order valence-corrected chi connectivity index (χ4v) is 3.23. The maximum Gasteiger partial charge on any atom is 0.433 e. The number of nitrogens with zero attached hydrogens (tertiary/aromatic N) is 2. The van der Waals surface area contributed by atoms with Gasteiger partial charge in [-0.05, 0) is 31.0 Å². The standard InChI is InChI=1S/C18H14N4O5S/c23-16(10-4-5-10)19-12-3-1-2-11(8-12)13-9-28-18(20-13)21-17(24)14-6-7-15(27-14)22(25)26/h1-3,6-10H,4-5H2,(H,19,23)(H,20,21,24). The van der Waals surface area contributed by atoms with Gasteiger partial charge in [0.15, 0.2) is 10.9 Å². The van der Waals surface area contributed by atoms with E-state index in [1.54, 1.807) is 5.38 Å². The Labute approximate surface area is 162 Å². The lowest BCUT2D eigenvalue weighted by Gasteiger charge is -2.05. The van der Waals surface area contributed by atoms with Crippen molar-refractivity contribution >= 4 is 39.9 Å². The van der Waals surface area contributed by atoms with Gasteiger partial charge < -0.3 is 9.73 Å². The number of anilines is 2. The van der Waals surface area contributed by atoms with Gasteiger partial charge in [0.25, 0.3) is 5.91 Å². The number of carbonyl (C=O) groups is 2. The zero-order valence-electron chi connectivity index (χ0n) is 14.4. The molecule has 1 aromatic carbocycles. The van der Waals surface area contributed by atoms with Gasteiger partial charge in [-0.3, -0.25) is 25.0 Å². The summed E-state index contributed by atoms with van der Waals surface area (Å²) in [5.74, 6) is -1.17. The molecule has 28 heavy (non-hydrogen) atoms. The summed E-state index contributed by atoms with van der Waals surface area (Å²) >= 11 is 1.21. The molecule has 2 N–H and O–H groups in total. The maximum absolute atomic E-state index is 12.1. The normalized spacial score (nSPS) is 13.1. The maximum atomic E-state index is 12.1. The van der Waals surface area contributed by atoms with E-state index in [2.05, 4.69) is 15.6 Å². The predicted octanol–water partition coefficient (Wildman–Crippen LogP) is 3.91. The molecule has 0 spiro atoms. The van der Waals surface area contributed by atoms with E-state index in [0.717, 1.165) is 24.5 Å². The monoisotopic (exact) mass is 398 g/mol. The highest BCUT2D eigenvalue weighted by Crippen LogP contribution is 2.31. The highest BCUT2D eigenvalue weighted by Gasteiger charge is 2.29. The number of nitro groups is 1. The smallest absolute Gasteiger partial charge is 0.395 e. The van der Waals surface area contributed by atoms with Gasteiger partial charge in [0.1, 0.15) is 4.92 Å². The number of nitrogens with one attached hydrogen (secondary N) is 2. The van der Waals surface area contributed by atoms with E-state index >= 15 is 0 Å². The van der Waals surface area contributed by atoms with E-state index < -0.39 is 16.7 Å². The van der Waals surface area contributed by atoms with Crippen LogP contribution in [0.5, 0.6) is 0 Å². The average Bonchev–Trinajstić information content (AvgIpc) is 3.22. The van der Waals surface area contributed by atoms with Gasteiger partial charge >= 0.3 is 5.88 Å². The van der Waals surface area contributed by atoms with Crippen LogP contribution in [-0.2, 0) is 4.79 Å². The van der Waals surface area contributed by atoms with Crippen LogP contribution in [0.3, 0.4) is 0 Å². The molecule has 10 heteroatoms. The molecule has 1 saturated carbocycles.